The van der Waals surface area contributed by atoms with Gasteiger partial charge in [-0.25, -0.2) is 4.39 Å². The number of carbonyl (C=O) groups is 1. The number of nitrogens with zero attached hydrogens (tertiary/aromatic N) is 4. The lowest BCUT2D eigenvalue weighted by molar-refractivity contribution is -0.137. The topological polar surface area (TPSA) is 59.0 Å². The van der Waals surface area contributed by atoms with E-state index in [1.807, 2.05) is 0 Å². The van der Waals surface area contributed by atoms with Crippen LogP contribution in [0.4, 0.5) is 17.6 Å². The van der Waals surface area contributed by atoms with E-state index in [-0.39, 0.29) is 17.9 Å². The third kappa shape index (κ3) is 4.12. The Morgan fingerprint density at radius 2 is 1.90 bits per heavy atom. The Hall–Kier alpha value is -3.36. The summed E-state index contributed by atoms with van der Waals surface area (Å²) < 4.78 is 52.9. The van der Waals surface area contributed by atoms with Gasteiger partial charge >= 0.3 is 6.18 Å². The van der Waals surface area contributed by atoms with Crippen molar-refractivity contribution in [3.05, 3.63) is 75.9 Å². The van der Waals surface area contributed by atoms with Gasteiger partial charge in [-0.15, -0.1) is 5.10 Å². The second-order valence-corrected chi connectivity index (χ2v) is 7.53. The first kappa shape index (κ1) is 20.9. The average Bonchev–Trinajstić information content (AvgIpc) is 2.71. The maximum atomic E-state index is 13.8. The Bertz CT molecular complexity index is 1180. The lowest BCUT2D eigenvalue weighted by Gasteiger charge is -2.25. The summed E-state index contributed by atoms with van der Waals surface area (Å²) in [6.45, 7) is 2.22. The molecule has 1 aliphatic heterocycles. The van der Waals surface area contributed by atoms with E-state index in [1.165, 1.54) is 6.20 Å². The number of likely N-dealkylation sites (N-methyl/N-ethyl adjacent to an activating group) is 1. The van der Waals surface area contributed by atoms with E-state index in [1.54, 1.807) is 31.0 Å². The Kier molecular flexibility index (Phi) is 5.20. The van der Waals surface area contributed by atoms with E-state index in [0.717, 1.165) is 17.7 Å². The van der Waals surface area contributed by atoms with Crippen LogP contribution in [0.5, 0.6) is 0 Å². The van der Waals surface area contributed by atoms with Crippen molar-refractivity contribution in [1.29, 1.82) is 0 Å². The maximum absolute atomic E-state index is 13.8. The van der Waals surface area contributed by atoms with Crippen molar-refractivity contribution in [3.63, 3.8) is 0 Å². The van der Waals surface area contributed by atoms with Gasteiger partial charge in [0, 0.05) is 25.4 Å². The number of hydrogen-bond acceptors (Lipinski definition) is 4. The van der Waals surface area contributed by atoms with E-state index in [4.69, 9.17) is 0 Å². The minimum atomic E-state index is -4.64. The summed E-state index contributed by atoms with van der Waals surface area (Å²) in [6.07, 6.45) is -2.47. The summed E-state index contributed by atoms with van der Waals surface area (Å²) in [6, 6.07) is 5.82. The second-order valence-electron chi connectivity index (χ2n) is 7.53. The quantitative estimate of drug-likeness (QED) is 0.584. The molecule has 160 valence electrons. The lowest BCUT2D eigenvalue weighted by atomic mass is 9.95. The van der Waals surface area contributed by atoms with Gasteiger partial charge in [0.1, 0.15) is 11.5 Å². The Morgan fingerprint density at radius 3 is 2.65 bits per heavy atom. The summed E-state index contributed by atoms with van der Waals surface area (Å²) in [5.74, 6) is -1.06. The van der Waals surface area contributed by atoms with Crippen molar-refractivity contribution in [3.8, 4) is 11.4 Å². The number of carbonyl (C=O) groups excluding carboxylic acids is 1. The highest BCUT2D eigenvalue weighted by Gasteiger charge is 2.31. The molecule has 0 saturated carbocycles. The number of alkyl halides is 3. The molecule has 9 heteroatoms. The molecule has 1 amide bonds. The van der Waals surface area contributed by atoms with Crippen molar-refractivity contribution in [2.75, 3.05) is 13.6 Å². The summed E-state index contributed by atoms with van der Waals surface area (Å²) in [5.41, 5.74) is 2.50. The van der Waals surface area contributed by atoms with E-state index in [2.05, 4.69) is 15.2 Å². The van der Waals surface area contributed by atoms with Gasteiger partial charge in [0.2, 0.25) is 0 Å². The molecule has 2 aromatic heterocycles. The molecular weight excluding hydrogens is 412 g/mol. The molecule has 0 N–H and O–H groups in total. The number of amides is 1. The normalized spacial score (nSPS) is 14.0. The van der Waals surface area contributed by atoms with Crippen LogP contribution in [0.1, 0.15) is 38.3 Å². The standard InChI is InChI=1S/C22H18F4N4O/c1-12-14(7-13-8-15(22(24,25)26)11-16(23)9-13)10-19(29-28-12)20-17-4-6-30(2)21(31)18(17)3-5-27-20/h3,5,8-11H,4,6-7H2,1-2H3. The van der Waals surface area contributed by atoms with Gasteiger partial charge < -0.3 is 4.90 Å². The number of halogens is 4. The molecule has 3 aromatic rings. The molecular formula is C22H18F4N4O. The van der Waals surface area contributed by atoms with Gasteiger partial charge in [-0.1, -0.05) is 0 Å². The first-order valence-electron chi connectivity index (χ1n) is 9.57. The monoisotopic (exact) mass is 430 g/mol. The zero-order valence-electron chi connectivity index (χ0n) is 16.8. The van der Waals surface area contributed by atoms with Gasteiger partial charge in [-0.3, -0.25) is 9.78 Å². The first-order valence-corrected chi connectivity index (χ1v) is 9.57. The average molecular weight is 430 g/mol. The summed E-state index contributed by atoms with van der Waals surface area (Å²) in [4.78, 5) is 18.4. The third-order valence-corrected chi connectivity index (χ3v) is 5.34. The molecule has 1 aliphatic rings. The number of hydrogen-bond donors (Lipinski definition) is 0. The summed E-state index contributed by atoms with van der Waals surface area (Å²) >= 11 is 0. The Labute approximate surface area is 175 Å². The SMILES string of the molecule is Cc1nnc(-c2nccc3c2CCN(C)C3=O)cc1Cc1cc(F)cc(C(F)(F)F)c1. The molecule has 3 heterocycles. The smallest absolute Gasteiger partial charge is 0.341 e. The van der Waals surface area contributed by atoms with Crippen LogP contribution < -0.4 is 0 Å². The number of aromatic nitrogens is 3. The fraction of sp³-hybridized carbons (Fsp3) is 0.273. The molecule has 1 aromatic carbocycles. The lowest BCUT2D eigenvalue weighted by Crippen LogP contribution is -2.34. The van der Waals surface area contributed by atoms with Gasteiger partial charge in [0.15, 0.2) is 0 Å². The van der Waals surface area contributed by atoms with Gasteiger partial charge in [-0.05, 0) is 66.8 Å². The predicted molar refractivity (Wildman–Crippen MR) is 105 cm³/mol. The van der Waals surface area contributed by atoms with Crippen LogP contribution in [-0.2, 0) is 19.0 Å². The molecule has 0 bridgehead atoms. The van der Waals surface area contributed by atoms with E-state index >= 15 is 0 Å². The molecule has 0 radical (unpaired) electrons. The molecule has 0 fully saturated rings. The van der Waals surface area contributed by atoms with Crippen LogP contribution in [0.3, 0.4) is 0 Å². The summed E-state index contributed by atoms with van der Waals surface area (Å²) in [5, 5.41) is 8.31. The number of fused-ring (bicyclic) bond motifs is 1. The minimum Gasteiger partial charge on any atom is -0.341 e. The fourth-order valence-electron chi connectivity index (χ4n) is 3.68. The predicted octanol–water partition coefficient (Wildman–Crippen LogP) is 4.22. The van der Waals surface area contributed by atoms with Crippen molar-refractivity contribution in [2.24, 2.45) is 0 Å². The van der Waals surface area contributed by atoms with E-state index < -0.39 is 17.6 Å². The molecule has 4 rings (SSSR count). The second kappa shape index (κ2) is 7.72. The maximum Gasteiger partial charge on any atom is 0.416 e. The zero-order chi connectivity index (χ0) is 22.3. The van der Waals surface area contributed by atoms with Crippen LogP contribution in [0.25, 0.3) is 11.4 Å². The van der Waals surface area contributed by atoms with Crippen molar-refractivity contribution in [2.45, 2.75) is 25.9 Å². The van der Waals surface area contributed by atoms with E-state index in [0.29, 0.717) is 47.2 Å². The number of aryl methyl sites for hydroxylation is 1. The number of pyridine rings is 1. The molecule has 0 aliphatic carbocycles. The molecule has 0 spiro atoms. The van der Waals surface area contributed by atoms with Gasteiger partial charge in [0.25, 0.3) is 5.91 Å². The van der Waals surface area contributed by atoms with E-state index in [9.17, 15) is 22.4 Å². The van der Waals surface area contributed by atoms with Crippen LogP contribution >= 0.6 is 0 Å². The fourth-order valence-corrected chi connectivity index (χ4v) is 3.68. The highest BCUT2D eigenvalue weighted by Crippen LogP contribution is 2.32. The first-order chi connectivity index (χ1) is 14.6. The molecule has 0 saturated heterocycles. The zero-order valence-corrected chi connectivity index (χ0v) is 16.8. The van der Waals surface area contributed by atoms with Crippen molar-refractivity contribution >= 4 is 5.91 Å². The minimum absolute atomic E-state index is 0.0475. The Balaban J connectivity index is 1.74. The van der Waals surface area contributed by atoms with Crippen LogP contribution in [-0.4, -0.2) is 39.6 Å². The highest BCUT2D eigenvalue weighted by molar-refractivity contribution is 5.98. The molecule has 0 unspecified atom stereocenters. The van der Waals surface area contributed by atoms with Gasteiger partial charge in [-0.2, -0.15) is 18.3 Å². The number of benzene rings is 1. The van der Waals surface area contributed by atoms with Crippen LogP contribution in [0.15, 0.2) is 36.5 Å². The van der Waals surface area contributed by atoms with Crippen LogP contribution in [0.2, 0.25) is 0 Å². The van der Waals surface area contributed by atoms with Crippen molar-refractivity contribution in [1.82, 2.24) is 20.1 Å². The van der Waals surface area contributed by atoms with Crippen molar-refractivity contribution < 1.29 is 22.4 Å². The largest absolute Gasteiger partial charge is 0.416 e. The number of rotatable bonds is 3. The molecule has 31 heavy (non-hydrogen) atoms. The summed E-state index contributed by atoms with van der Waals surface area (Å²) in [7, 11) is 1.73. The third-order valence-electron chi connectivity index (χ3n) is 5.34. The highest BCUT2D eigenvalue weighted by atomic mass is 19.4. The molecule has 0 atom stereocenters. The van der Waals surface area contributed by atoms with Crippen LogP contribution in [0, 0.1) is 12.7 Å². The molecule has 5 nitrogen and oxygen atoms in total. The van der Waals surface area contributed by atoms with Gasteiger partial charge in [0.05, 0.1) is 17.0 Å². The Morgan fingerprint density at radius 1 is 1.13 bits per heavy atom.